The van der Waals surface area contributed by atoms with Gasteiger partial charge in [0.05, 0.1) is 11.3 Å². The van der Waals surface area contributed by atoms with Gasteiger partial charge in [0.25, 0.3) is 0 Å². The van der Waals surface area contributed by atoms with Gasteiger partial charge in [-0.2, -0.15) is 0 Å². The van der Waals surface area contributed by atoms with Gasteiger partial charge in [-0.25, -0.2) is 0 Å². The molecule has 118 valence electrons. The van der Waals surface area contributed by atoms with E-state index in [2.05, 4.69) is 58.2 Å². The first-order valence-electron chi connectivity index (χ1n) is 7.93. The Morgan fingerprint density at radius 3 is 2.81 bits per heavy atom. The molecule has 21 heavy (non-hydrogen) atoms. The second-order valence-corrected chi connectivity index (χ2v) is 7.18. The molecule has 4 heteroatoms. The summed E-state index contributed by atoms with van der Waals surface area (Å²) < 4.78 is 1.14. The van der Waals surface area contributed by atoms with Gasteiger partial charge < -0.3 is 15.3 Å². The molecule has 1 aromatic carbocycles. The lowest BCUT2D eigenvalue weighted by Crippen LogP contribution is -2.28. The van der Waals surface area contributed by atoms with Crippen LogP contribution >= 0.6 is 15.9 Å². The van der Waals surface area contributed by atoms with Crippen molar-refractivity contribution in [3.05, 3.63) is 28.2 Å². The molecule has 1 heterocycles. The van der Waals surface area contributed by atoms with Crippen LogP contribution in [0.2, 0.25) is 0 Å². The number of halogens is 1. The van der Waals surface area contributed by atoms with Gasteiger partial charge in [0.1, 0.15) is 0 Å². The molecule has 2 unspecified atom stereocenters. The molecule has 0 radical (unpaired) electrons. The van der Waals surface area contributed by atoms with Crippen LogP contribution in [-0.2, 0) is 0 Å². The summed E-state index contributed by atoms with van der Waals surface area (Å²) in [6, 6.07) is 6.99. The zero-order chi connectivity index (χ0) is 15.5. The largest absolute Gasteiger partial charge is 0.390 e. The maximum Gasteiger partial charge on any atom is 0.0637 e. The van der Waals surface area contributed by atoms with Gasteiger partial charge in [-0.15, -0.1) is 0 Å². The zero-order valence-corrected chi connectivity index (χ0v) is 14.9. The third-order valence-electron chi connectivity index (χ3n) is 4.39. The van der Waals surface area contributed by atoms with Gasteiger partial charge in [-0.1, -0.05) is 13.0 Å². The number of aliphatic hydroxyl groups is 1. The third kappa shape index (κ3) is 4.44. The molecule has 0 spiro atoms. The van der Waals surface area contributed by atoms with E-state index in [4.69, 9.17) is 0 Å². The van der Waals surface area contributed by atoms with Crippen LogP contribution in [0.3, 0.4) is 0 Å². The van der Waals surface area contributed by atoms with Crippen LogP contribution < -0.4 is 10.2 Å². The van der Waals surface area contributed by atoms with Crippen LogP contribution in [0.15, 0.2) is 22.7 Å². The molecule has 1 aliphatic rings. The Hall–Kier alpha value is -0.580. The van der Waals surface area contributed by atoms with Crippen LogP contribution in [0, 0.1) is 0 Å². The van der Waals surface area contributed by atoms with Gasteiger partial charge >= 0.3 is 0 Å². The molecule has 2 atom stereocenters. The van der Waals surface area contributed by atoms with Gasteiger partial charge in [0.2, 0.25) is 0 Å². The van der Waals surface area contributed by atoms with Gasteiger partial charge in [0.15, 0.2) is 0 Å². The van der Waals surface area contributed by atoms with E-state index in [1.54, 1.807) is 0 Å². The Labute approximate surface area is 136 Å². The number of nitrogens with one attached hydrogen (secondary N) is 1. The number of hydrogen-bond donors (Lipinski definition) is 2. The molecule has 2 rings (SSSR count). The maximum absolute atomic E-state index is 10.2. The van der Waals surface area contributed by atoms with Crippen molar-refractivity contribution in [3.8, 4) is 0 Å². The van der Waals surface area contributed by atoms with Crippen molar-refractivity contribution < 1.29 is 5.11 Å². The number of hydrogen-bond acceptors (Lipinski definition) is 3. The lowest BCUT2D eigenvalue weighted by molar-refractivity contribution is 0.0481. The molecule has 3 nitrogen and oxygen atoms in total. The smallest absolute Gasteiger partial charge is 0.0637 e. The lowest BCUT2D eigenvalue weighted by Gasteiger charge is -2.26. The van der Waals surface area contributed by atoms with Crippen LogP contribution in [0.5, 0.6) is 0 Å². The number of anilines is 1. The van der Waals surface area contributed by atoms with Crippen molar-refractivity contribution >= 4 is 21.6 Å². The van der Waals surface area contributed by atoms with Crippen LogP contribution in [-0.4, -0.2) is 30.3 Å². The predicted molar refractivity (Wildman–Crippen MR) is 92.9 cm³/mol. The third-order valence-corrected chi connectivity index (χ3v) is 5.02. The van der Waals surface area contributed by atoms with Crippen molar-refractivity contribution in [1.29, 1.82) is 0 Å². The van der Waals surface area contributed by atoms with Crippen LogP contribution in [0.25, 0.3) is 0 Å². The molecule has 1 aliphatic heterocycles. The van der Waals surface area contributed by atoms with Crippen molar-refractivity contribution in [2.75, 3.05) is 24.5 Å². The average Bonchev–Trinajstić information content (AvgIpc) is 2.60. The summed E-state index contributed by atoms with van der Waals surface area (Å²) in [5.41, 5.74) is 2.02. The summed E-state index contributed by atoms with van der Waals surface area (Å²) in [5.74, 6) is 0. The lowest BCUT2D eigenvalue weighted by atomic mass is 9.98. The fourth-order valence-electron chi connectivity index (χ4n) is 2.98. The summed E-state index contributed by atoms with van der Waals surface area (Å²) in [4.78, 5) is 2.38. The van der Waals surface area contributed by atoms with Crippen molar-refractivity contribution in [1.82, 2.24) is 5.32 Å². The SMILES string of the molecule is CCNC(C)c1ccc(N2CCCC(C)(O)CC2)c(Br)c1. The minimum atomic E-state index is -0.513. The fraction of sp³-hybridized carbons (Fsp3) is 0.647. The number of rotatable bonds is 4. The Bertz CT molecular complexity index is 476. The van der Waals surface area contributed by atoms with E-state index in [-0.39, 0.29) is 0 Å². The van der Waals surface area contributed by atoms with E-state index in [9.17, 15) is 5.11 Å². The van der Waals surface area contributed by atoms with E-state index in [1.165, 1.54) is 11.3 Å². The second-order valence-electron chi connectivity index (χ2n) is 6.33. The minimum absolute atomic E-state index is 0.366. The second kappa shape index (κ2) is 7.12. The summed E-state index contributed by atoms with van der Waals surface area (Å²) in [6.45, 7) is 9.16. The zero-order valence-electron chi connectivity index (χ0n) is 13.3. The van der Waals surface area contributed by atoms with Crippen molar-refractivity contribution in [2.24, 2.45) is 0 Å². The molecule has 0 aliphatic carbocycles. The molecule has 2 N–H and O–H groups in total. The summed E-state index contributed by atoms with van der Waals surface area (Å²) in [7, 11) is 0. The molecular formula is C17H27BrN2O. The first-order valence-corrected chi connectivity index (χ1v) is 8.72. The van der Waals surface area contributed by atoms with Crippen molar-refractivity contribution in [2.45, 2.75) is 51.7 Å². The highest BCUT2D eigenvalue weighted by molar-refractivity contribution is 9.10. The highest BCUT2D eigenvalue weighted by Crippen LogP contribution is 2.32. The molecule has 1 fully saturated rings. The van der Waals surface area contributed by atoms with Gasteiger partial charge in [0, 0.05) is 23.6 Å². The topological polar surface area (TPSA) is 35.5 Å². The standard InChI is InChI=1S/C17H27BrN2O/c1-4-19-13(2)14-6-7-16(15(18)12-14)20-10-5-8-17(3,21)9-11-20/h6-7,12-13,19,21H,4-5,8-11H2,1-3H3. The van der Waals surface area contributed by atoms with E-state index < -0.39 is 5.60 Å². The first-order chi connectivity index (χ1) is 9.93. The molecule has 0 amide bonds. The fourth-order valence-corrected chi connectivity index (χ4v) is 3.62. The molecule has 0 bridgehead atoms. The molecule has 0 aromatic heterocycles. The Balaban J connectivity index is 2.13. The van der Waals surface area contributed by atoms with Gasteiger partial charge in [-0.3, -0.25) is 0 Å². The van der Waals surface area contributed by atoms with E-state index in [0.717, 1.165) is 43.4 Å². The normalized spacial score (nSPS) is 24.7. The van der Waals surface area contributed by atoms with E-state index >= 15 is 0 Å². The highest BCUT2D eigenvalue weighted by Gasteiger charge is 2.25. The van der Waals surface area contributed by atoms with Crippen LogP contribution in [0.4, 0.5) is 5.69 Å². The molecule has 1 aromatic rings. The Kier molecular flexibility index (Phi) is 5.69. The highest BCUT2D eigenvalue weighted by atomic mass is 79.9. The van der Waals surface area contributed by atoms with Crippen molar-refractivity contribution in [3.63, 3.8) is 0 Å². The van der Waals surface area contributed by atoms with E-state index in [0.29, 0.717) is 6.04 Å². The number of benzene rings is 1. The molecule has 1 saturated heterocycles. The monoisotopic (exact) mass is 354 g/mol. The molecule has 0 saturated carbocycles. The average molecular weight is 355 g/mol. The summed E-state index contributed by atoms with van der Waals surface area (Å²) in [6.07, 6.45) is 2.75. The first kappa shape index (κ1) is 16.8. The summed E-state index contributed by atoms with van der Waals surface area (Å²) in [5, 5.41) is 13.7. The van der Waals surface area contributed by atoms with Crippen LogP contribution in [0.1, 0.15) is 51.6 Å². The predicted octanol–water partition coefficient (Wildman–Crippen LogP) is 3.86. The Morgan fingerprint density at radius 2 is 2.14 bits per heavy atom. The molecular weight excluding hydrogens is 328 g/mol. The van der Waals surface area contributed by atoms with Gasteiger partial charge in [-0.05, 0) is 73.3 Å². The number of nitrogens with zero attached hydrogens (tertiary/aromatic N) is 1. The minimum Gasteiger partial charge on any atom is -0.390 e. The Morgan fingerprint density at radius 1 is 1.38 bits per heavy atom. The summed E-state index contributed by atoms with van der Waals surface area (Å²) >= 11 is 3.72. The maximum atomic E-state index is 10.2. The quantitative estimate of drug-likeness (QED) is 0.861. The van der Waals surface area contributed by atoms with E-state index in [1.807, 2.05) is 6.92 Å².